The number of nitrogens with one attached hydrogen (secondary N) is 2. The first-order valence-electron chi connectivity index (χ1n) is 10.8. The zero-order valence-electron chi connectivity index (χ0n) is 17.3. The second kappa shape index (κ2) is 7.74. The van der Waals surface area contributed by atoms with Crippen molar-refractivity contribution < 1.29 is 9.53 Å². The number of para-hydroxylation sites is 1. The molecule has 0 saturated heterocycles. The van der Waals surface area contributed by atoms with Crippen molar-refractivity contribution in [1.82, 2.24) is 15.6 Å². The Bertz CT molecular complexity index is 955. The van der Waals surface area contributed by atoms with Crippen LogP contribution in [0.2, 0.25) is 0 Å². The number of hydrogen-bond acceptors (Lipinski definition) is 4. The van der Waals surface area contributed by atoms with Crippen molar-refractivity contribution in [2.24, 2.45) is 22.9 Å². The standard InChI is InChI=1S/C24H28N4O2/c1-30-21-7-3-2-5-19(21)6-4-8-25-28-23(29)20-12-22(27-26-20)24-13-16-9-17(14-24)11-18(10-16)15-24/h2-8,12,16-18H,9-11,13-15H2,1H3,(H,26,27)(H,28,29)/b6-4+,25-8+. The van der Waals surface area contributed by atoms with Crippen LogP contribution in [0, 0.1) is 17.8 Å². The largest absolute Gasteiger partial charge is 0.496 e. The predicted octanol–water partition coefficient (Wildman–Crippen LogP) is 4.32. The number of allylic oxidation sites excluding steroid dienone is 1. The lowest BCUT2D eigenvalue weighted by Gasteiger charge is -2.56. The van der Waals surface area contributed by atoms with Gasteiger partial charge in [0.1, 0.15) is 5.75 Å². The molecule has 0 radical (unpaired) electrons. The number of nitrogens with zero attached hydrogens (tertiary/aromatic N) is 2. The van der Waals surface area contributed by atoms with Gasteiger partial charge in [-0.25, -0.2) is 5.43 Å². The SMILES string of the molecule is COc1ccccc1/C=C/C=N/NC(=O)c1cc(C23CC4CC(CC(C4)C2)C3)[nH]n1. The number of H-pyrrole nitrogens is 1. The highest BCUT2D eigenvalue weighted by atomic mass is 16.5. The smallest absolute Gasteiger partial charge is 0.291 e. The molecule has 4 aliphatic rings. The number of hydrazone groups is 1. The van der Waals surface area contributed by atoms with E-state index in [2.05, 4.69) is 20.7 Å². The van der Waals surface area contributed by atoms with Crippen molar-refractivity contribution in [3.05, 3.63) is 53.4 Å². The summed E-state index contributed by atoms with van der Waals surface area (Å²) in [5.74, 6) is 3.08. The van der Waals surface area contributed by atoms with E-state index in [1.54, 1.807) is 19.4 Å². The topological polar surface area (TPSA) is 79.4 Å². The molecule has 2 N–H and O–H groups in total. The highest BCUT2D eigenvalue weighted by Crippen LogP contribution is 2.60. The van der Waals surface area contributed by atoms with Crippen LogP contribution >= 0.6 is 0 Å². The summed E-state index contributed by atoms with van der Waals surface area (Å²) in [5, 5.41) is 11.5. The molecule has 0 atom stereocenters. The number of carbonyl (C=O) groups is 1. The molecule has 2 aromatic rings. The molecule has 0 spiro atoms. The minimum Gasteiger partial charge on any atom is -0.496 e. The molecule has 6 nitrogen and oxygen atoms in total. The Morgan fingerprint density at radius 2 is 1.90 bits per heavy atom. The van der Waals surface area contributed by atoms with Crippen LogP contribution in [-0.4, -0.2) is 29.4 Å². The van der Waals surface area contributed by atoms with Crippen LogP contribution < -0.4 is 10.2 Å². The highest BCUT2D eigenvalue weighted by Gasteiger charge is 2.52. The van der Waals surface area contributed by atoms with Gasteiger partial charge in [-0.2, -0.15) is 10.2 Å². The molecule has 4 aliphatic carbocycles. The number of carbonyl (C=O) groups excluding carboxylic acids is 1. The molecule has 4 bridgehead atoms. The fraction of sp³-hybridized carbons (Fsp3) is 0.458. The highest BCUT2D eigenvalue weighted by molar-refractivity contribution is 5.93. The molecule has 156 valence electrons. The van der Waals surface area contributed by atoms with E-state index in [0.717, 1.165) is 34.8 Å². The minimum absolute atomic E-state index is 0.209. The molecule has 1 heterocycles. The molecular weight excluding hydrogens is 376 g/mol. The average molecular weight is 405 g/mol. The summed E-state index contributed by atoms with van der Waals surface area (Å²) in [6, 6.07) is 9.67. The molecule has 1 amide bonds. The molecule has 1 aromatic carbocycles. The van der Waals surface area contributed by atoms with Crippen molar-refractivity contribution >= 4 is 18.2 Å². The van der Waals surface area contributed by atoms with Crippen LogP contribution in [0.5, 0.6) is 5.75 Å². The van der Waals surface area contributed by atoms with Crippen LogP contribution in [0.15, 0.2) is 41.5 Å². The number of rotatable bonds is 6. The summed E-state index contributed by atoms with van der Waals surface area (Å²) in [6.45, 7) is 0. The lowest BCUT2D eigenvalue weighted by molar-refractivity contribution is -0.00721. The number of methoxy groups -OCH3 is 1. The quantitative estimate of drug-likeness (QED) is 0.556. The molecule has 1 aromatic heterocycles. The predicted molar refractivity (Wildman–Crippen MR) is 116 cm³/mol. The van der Waals surface area contributed by atoms with E-state index in [9.17, 15) is 4.79 Å². The van der Waals surface area contributed by atoms with Crippen molar-refractivity contribution in [1.29, 1.82) is 0 Å². The van der Waals surface area contributed by atoms with Gasteiger partial charge in [-0.05, 0) is 80.6 Å². The van der Waals surface area contributed by atoms with E-state index in [-0.39, 0.29) is 11.3 Å². The number of amides is 1. The number of aromatic amines is 1. The molecule has 0 aliphatic heterocycles. The van der Waals surface area contributed by atoms with E-state index in [1.165, 1.54) is 38.5 Å². The lowest BCUT2D eigenvalue weighted by Crippen LogP contribution is -2.48. The summed E-state index contributed by atoms with van der Waals surface area (Å²) >= 11 is 0. The number of hydrogen-bond donors (Lipinski definition) is 2. The van der Waals surface area contributed by atoms with E-state index < -0.39 is 0 Å². The third kappa shape index (κ3) is 3.55. The molecule has 6 rings (SSSR count). The van der Waals surface area contributed by atoms with Crippen molar-refractivity contribution in [3.63, 3.8) is 0 Å². The number of aromatic nitrogens is 2. The van der Waals surface area contributed by atoms with Gasteiger partial charge in [0.15, 0.2) is 5.69 Å². The first-order chi connectivity index (χ1) is 14.6. The van der Waals surface area contributed by atoms with Crippen molar-refractivity contribution in [2.45, 2.75) is 43.9 Å². The molecular formula is C24H28N4O2. The lowest BCUT2D eigenvalue weighted by atomic mass is 9.49. The zero-order chi connectivity index (χ0) is 20.6. The first-order valence-corrected chi connectivity index (χ1v) is 10.8. The summed E-state index contributed by atoms with van der Waals surface area (Å²) in [4.78, 5) is 12.5. The van der Waals surface area contributed by atoms with Crippen LogP contribution in [-0.2, 0) is 5.41 Å². The first kappa shape index (κ1) is 19.1. The maximum Gasteiger partial charge on any atom is 0.291 e. The van der Waals surface area contributed by atoms with Gasteiger partial charge < -0.3 is 4.74 Å². The normalized spacial score (nSPS) is 29.7. The number of benzene rings is 1. The van der Waals surface area contributed by atoms with Crippen LogP contribution in [0.4, 0.5) is 0 Å². The summed E-state index contributed by atoms with van der Waals surface area (Å²) in [7, 11) is 1.64. The van der Waals surface area contributed by atoms with Gasteiger partial charge in [0.2, 0.25) is 0 Å². The van der Waals surface area contributed by atoms with Gasteiger partial charge in [-0.3, -0.25) is 9.89 Å². The van der Waals surface area contributed by atoms with Crippen LogP contribution in [0.25, 0.3) is 6.08 Å². The third-order valence-corrected chi connectivity index (χ3v) is 7.16. The Balaban J connectivity index is 1.21. The fourth-order valence-corrected chi connectivity index (χ4v) is 6.30. The van der Waals surface area contributed by atoms with Crippen LogP contribution in [0.3, 0.4) is 0 Å². The summed E-state index contributed by atoms with van der Waals surface area (Å²) < 4.78 is 5.31. The van der Waals surface area contributed by atoms with E-state index >= 15 is 0 Å². The van der Waals surface area contributed by atoms with Gasteiger partial charge in [-0.1, -0.05) is 18.2 Å². The van der Waals surface area contributed by atoms with E-state index in [4.69, 9.17) is 4.74 Å². The molecule has 4 saturated carbocycles. The average Bonchev–Trinajstić information content (AvgIpc) is 3.24. The monoisotopic (exact) mass is 404 g/mol. The molecule has 30 heavy (non-hydrogen) atoms. The Labute approximate surface area is 176 Å². The fourth-order valence-electron chi connectivity index (χ4n) is 6.30. The zero-order valence-corrected chi connectivity index (χ0v) is 17.3. The minimum atomic E-state index is -0.288. The summed E-state index contributed by atoms with van der Waals surface area (Å²) in [5.41, 5.74) is 5.28. The van der Waals surface area contributed by atoms with Gasteiger partial charge in [-0.15, -0.1) is 0 Å². The van der Waals surface area contributed by atoms with Gasteiger partial charge in [0.25, 0.3) is 5.91 Å². The molecule has 4 fully saturated rings. The second-order valence-corrected chi connectivity index (χ2v) is 9.18. The van der Waals surface area contributed by atoms with Crippen molar-refractivity contribution in [3.8, 4) is 5.75 Å². The Morgan fingerprint density at radius 3 is 2.60 bits per heavy atom. The van der Waals surface area contributed by atoms with E-state index in [1.807, 2.05) is 36.4 Å². The Hall–Kier alpha value is -2.89. The van der Waals surface area contributed by atoms with Gasteiger partial charge in [0, 0.05) is 22.9 Å². The second-order valence-electron chi connectivity index (χ2n) is 9.18. The van der Waals surface area contributed by atoms with Gasteiger partial charge in [0.05, 0.1) is 7.11 Å². The maximum absolute atomic E-state index is 12.5. The molecule has 0 unspecified atom stereocenters. The molecule has 6 heteroatoms. The Kier molecular flexibility index (Phi) is 4.93. The third-order valence-electron chi connectivity index (χ3n) is 7.16. The van der Waals surface area contributed by atoms with Crippen LogP contribution in [0.1, 0.15) is 60.3 Å². The number of ether oxygens (including phenoxy) is 1. The Morgan fingerprint density at radius 1 is 1.20 bits per heavy atom. The summed E-state index contributed by atoms with van der Waals surface area (Å²) in [6.07, 6.45) is 13.1. The maximum atomic E-state index is 12.5. The van der Waals surface area contributed by atoms with Crippen molar-refractivity contribution in [2.75, 3.05) is 7.11 Å². The van der Waals surface area contributed by atoms with E-state index in [0.29, 0.717) is 5.69 Å². The van der Waals surface area contributed by atoms with Gasteiger partial charge >= 0.3 is 0 Å².